The molecule has 0 aromatic heterocycles. The molecular weight excluding hydrogens is 324 g/mol. The van der Waals surface area contributed by atoms with E-state index in [9.17, 15) is 4.79 Å². The molecule has 3 aromatic carbocycles. The van der Waals surface area contributed by atoms with E-state index in [1.807, 2.05) is 91.9 Å². The van der Waals surface area contributed by atoms with Crippen LogP contribution in [0, 0.1) is 0 Å². The number of carbonyl (C=O) groups excluding carboxylic acids is 1. The molecule has 0 fully saturated rings. The van der Waals surface area contributed by atoms with Gasteiger partial charge in [-0.25, -0.2) is 0 Å². The average molecular weight is 346 g/mol. The normalized spacial score (nSPS) is 11.4. The lowest BCUT2D eigenvalue weighted by Crippen LogP contribution is -2.32. The fraction of sp³-hybridized carbons (Fsp3) is 0.136. The summed E-state index contributed by atoms with van der Waals surface area (Å²) < 4.78 is 5.78. The molecule has 0 unspecified atom stereocenters. The van der Waals surface area contributed by atoms with Crippen molar-refractivity contribution in [1.82, 2.24) is 0 Å². The summed E-state index contributed by atoms with van der Waals surface area (Å²) >= 11 is 0. The molecule has 1 atom stereocenters. The fourth-order valence-corrected chi connectivity index (χ4v) is 2.53. The Labute approximate surface area is 153 Å². The maximum atomic E-state index is 12.5. The average Bonchev–Trinajstić information content (AvgIpc) is 2.69. The first-order valence-electron chi connectivity index (χ1n) is 8.69. The van der Waals surface area contributed by atoms with Gasteiger partial charge in [0.1, 0.15) is 5.75 Å². The molecular formula is C22H22N2O2. The number of benzene rings is 3. The van der Waals surface area contributed by atoms with Crippen LogP contribution >= 0.6 is 0 Å². The molecule has 4 heteroatoms. The van der Waals surface area contributed by atoms with E-state index in [0.717, 1.165) is 17.1 Å². The smallest absolute Gasteiger partial charge is 0.265 e. The third-order valence-electron chi connectivity index (χ3n) is 3.90. The molecule has 0 saturated carbocycles. The molecule has 0 aliphatic heterocycles. The molecule has 0 aliphatic carbocycles. The third kappa shape index (κ3) is 4.86. The Hall–Kier alpha value is -3.27. The first-order chi connectivity index (χ1) is 12.7. The van der Waals surface area contributed by atoms with Crippen molar-refractivity contribution in [2.24, 2.45) is 0 Å². The van der Waals surface area contributed by atoms with Crippen molar-refractivity contribution in [1.29, 1.82) is 0 Å². The van der Waals surface area contributed by atoms with E-state index in [4.69, 9.17) is 4.74 Å². The first kappa shape index (κ1) is 17.5. The molecule has 1 amide bonds. The van der Waals surface area contributed by atoms with Crippen LogP contribution in [0.1, 0.15) is 13.3 Å². The minimum absolute atomic E-state index is 0.153. The van der Waals surface area contributed by atoms with E-state index in [1.165, 1.54) is 0 Å². The maximum absolute atomic E-state index is 12.5. The Balaban J connectivity index is 1.59. The topological polar surface area (TPSA) is 50.4 Å². The van der Waals surface area contributed by atoms with Crippen LogP contribution in [0.2, 0.25) is 0 Å². The van der Waals surface area contributed by atoms with Crippen LogP contribution in [0.5, 0.6) is 5.75 Å². The molecule has 0 bridgehead atoms. The molecule has 132 valence electrons. The van der Waals surface area contributed by atoms with Gasteiger partial charge in [0, 0.05) is 17.1 Å². The zero-order valence-corrected chi connectivity index (χ0v) is 14.7. The van der Waals surface area contributed by atoms with E-state index in [2.05, 4.69) is 10.6 Å². The zero-order chi connectivity index (χ0) is 18.2. The Morgan fingerprint density at radius 1 is 0.808 bits per heavy atom. The Bertz CT molecular complexity index is 818. The van der Waals surface area contributed by atoms with Crippen LogP contribution in [0.3, 0.4) is 0 Å². The molecule has 0 saturated heterocycles. The van der Waals surface area contributed by atoms with E-state index in [-0.39, 0.29) is 5.91 Å². The van der Waals surface area contributed by atoms with Gasteiger partial charge in [-0.1, -0.05) is 43.3 Å². The standard InChI is InChI=1S/C22H22N2O2/c1-2-21(26-20-11-7-4-8-12-20)22(25)24-19-15-13-18(14-16-19)23-17-9-5-3-6-10-17/h3-16,21,23H,2H2,1H3,(H,24,25)/t21-/m0/s1. The zero-order valence-electron chi connectivity index (χ0n) is 14.7. The molecule has 2 N–H and O–H groups in total. The second-order valence-electron chi connectivity index (χ2n) is 5.89. The second kappa shape index (κ2) is 8.72. The lowest BCUT2D eigenvalue weighted by Gasteiger charge is -2.17. The van der Waals surface area contributed by atoms with Crippen molar-refractivity contribution in [2.45, 2.75) is 19.4 Å². The molecule has 3 rings (SSSR count). The SMILES string of the molecule is CC[C@H](Oc1ccccc1)C(=O)Nc1ccc(Nc2ccccc2)cc1. The molecule has 0 radical (unpaired) electrons. The highest BCUT2D eigenvalue weighted by molar-refractivity contribution is 5.94. The van der Waals surface area contributed by atoms with Crippen molar-refractivity contribution >= 4 is 23.0 Å². The summed E-state index contributed by atoms with van der Waals surface area (Å²) in [6.07, 6.45) is 0.0634. The summed E-state index contributed by atoms with van der Waals surface area (Å²) in [5, 5.41) is 6.23. The third-order valence-corrected chi connectivity index (χ3v) is 3.90. The van der Waals surface area contributed by atoms with Gasteiger partial charge in [-0.2, -0.15) is 0 Å². The van der Waals surface area contributed by atoms with Crippen LogP contribution in [0.25, 0.3) is 0 Å². The van der Waals surface area contributed by atoms with Crippen molar-refractivity contribution in [3.8, 4) is 5.75 Å². The van der Waals surface area contributed by atoms with Gasteiger partial charge in [-0.05, 0) is 55.0 Å². The highest BCUT2D eigenvalue weighted by Gasteiger charge is 2.18. The lowest BCUT2D eigenvalue weighted by molar-refractivity contribution is -0.122. The van der Waals surface area contributed by atoms with Gasteiger partial charge in [0.15, 0.2) is 6.10 Å². The number of hydrogen-bond acceptors (Lipinski definition) is 3. The minimum atomic E-state index is -0.528. The van der Waals surface area contributed by atoms with Crippen LogP contribution < -0.4 is 15.4 Å². The van der Waals surface area contributed by atoms with E-state index < -0.39 is 6.10 Å². The molecule has 3 aromatic rings. The number of para-hydroxylation sites is 2. The van der Waals surface area contributed by atoms with E-state index in [1.54, 1.807) is 0 Å². The maximum Gasteiger partial charge on any atom is 0.265 e. The quantitative estimate of drug-likeness (QED) is 0.616. The number of nitrogens with one attached hydrogen (secondary N) is 2. The van der Waals surface area contributed by atoms with Gasteiger partial charge in [-0.3, -0.25) is 4.79 Å². The van der Waals surface area contributed by atoms with Gasteiger partial charge in [-0.15, -0.1) is 0 Å². The van der Waals surface area contributed by atoms with Crippen molar-refractivity contribution in [3.63, 3.8) is 0 Å². The molecule has 26 heavy (non-hydrogen) atoms. The Kier molecular flexibility index (Phi) is 5.88. The summed E-state index contributed by atoms with van der Waals surface area (Å²) in [7, 11) is 0. The number of amides is 1. The highest BCUT2D eigenvalue weighted by Crippen LogP contribution is 2.19. The van der Waals surface area contributed by atoms with Crippen molar-refractivity contribution in [2.75, 3.05) is 10.6 Å². The largest absolute Gasteiger partial charge is 0.481 e. The summed E-state index contributed by atoms with van der Waals surface area (Å²) in [6, 6.07) is 26.9. The highest BCUT2D eigenvalue weighted by atomic mass is 16.5. The first-order valence-corrected chi connectivity index (χ1v) is 8.69. The molecule has 0 aliphatic rings. The van der Waals surface area contributed by atoms with Crippen molar-refractivity contribution < 1.29 is 9.53 Å². The summed E-state index contributed by atoms with van der Waals surface area (Å²) in [4.78, 5) is 12.5. The Morgan fingerprint density at radius 3 is 1.96 bits per heavy atom. The van der Waals surface area contributed by atoms with Gasteiger partial charge < -0.3 is 15.4 Å². The molecule has 0 heterocycles. The lowest BCUT2D eigenvalue weighted by atomic mass is 10.2. The number of rotatable bonds is 7. The van der Waals surface area contributed by atoms with Gasteiger partial charge in [0.25, 0.3) is 5.91 Å². The fourth-order valence-electron chi connectivity index (χ4n) is 2.53. The monoisotopic (exact) mass is 346 g/mol. The van der Waals surface area contributed by atoms with Crippen LogP contribution in [-0.4, -0.2) is 12.0 Å². The predicted molar refractivity (Wildman–Crippen MR) is 106 cm³/mol. The van der Waals surface area contributed by atoms with Crippen molar-refractivity contribution in [3.05, 3.63) is 84.9 Å². The van der Waals surface area contributed by atoms with E-state index in [0.29, 0.717) is 12.2 Å². The number of ether oxygens (including phenoxy) is 1. The van der Waals surface area contributed by atoms with E-state index >= 15 is 0 Å². The van der Waals surface area contributed by atoms with Gasteiger partial charge in [0.05, 0.1) is 0 Å². The Morgan fingerprint density at radius 2 is 1.35 bits per heavy atom. The molecule has 0 spiro atoms. The van der Waals surface area contributed by atoms with Crippen LogP contribution in [0.15, 0.2) is 84.9 Å². The number of hydrogen-bond donors (Lipinski definition) is 2. The second-order valence-corrected chi connectivity index (χ2v) is 5.89. The minimum Gasteiger partial charge on any atom is -0.481 e. The summed E-state index contributed by atoms with van der Waals surface area (Å²) in [5.74, 6) is 0.539. The molecule has 4 nitrogen and oxygen atoms in total. The number of carbonyl (C=O) groups is 1. The van der Waals surface area contributed by atoms with Crippen LogP contribution in [0.4, 0.5) is 17.1 Å². The summed E-state index contributed by atoms with van der Waals surface area (Å²) in [6.45, 7) is 1.93. The number of anilines is 3. The van der Waals surface area contributed by atoms with Gasteiger partial charge in [0.2, 0.25) is 0 Å². The van der Waals surface area contributed by atoms with Crippen LogP contribution in [-0.2, 0) is 4.79 Å². The predicted octanol–water partition coefficient (Wildman–Crippen LogP) is 5.23. The summed E-state index contributed by atoms with van der Waals surface area (Å²) in [5.41, 5.74) is 2.72. The van der Waals surface area contributed by atoms with Gasteiger partial charge >= 0.3 is 0 Å².